The molecule has 0 atom stereocenters. The monoisotopic (exact) mass is 290 g/mol. The molecular formula is C15H18N2O2S. The van der Waals surface area contributed by atoms with Gasteiger partial charge in [0.1, 0.15) is 0 Å². The van der Waals surface area contributed by atoms with Gasteiger partial charge >= 0.3 is 0 Å². The van der Waals surface area contributed by atoms with E-state index in [0.29, 0.717) is 18.7 Å². The first-order chi connectivity index (χ1) is 9.65. The van der Waals surface area contributed by atoms with Crippen LogP contribution in [0.2, 0.25) is 0 Å². The van der Waals surface area contributed by atoms with Crippen molar-refractivity contribution in [2.75, 3.05) is 19.7 Å². The number of amides is 1. The van der Waals surface area contributed by atoms with Crippen molar-refractivity contribution in [2.45, 2.75) is 13.8 Å². The molecule has 0 saturated carbocycles. The van der Waals surface area contributed by atoms with E-state index in [1.54, 1.807) is 22.3 Å². The van der Waals surface area contributed by atoms with Crippen molar-refractivity contribution >= 4 is 17.2 Å². The van der Waals surface area contributed by atoms with Gasteiger partial charge in [0.25, 0.3) is 5.91 Å². The van der Waals surface area contributed by atoms with Crippen molar-refractivity contribution in [3.05, 3.63) is 40.2 Å². The van der Waals surface area contributed by atoms with E-state index in [1.807, 2.05) is 37.4 Å². The topological polar surface area (TPSA) is 53.4 Å². The highest BCUT2D eigenvalue weighted by Crippen LogP contribution is 2.22. The van der Waals surface area contributed by atoms with Crippen molar-refractivity contribution < 1.29 is 9.90 Å². The minimum atomic E-state index is -0.0599. The zero-order valence-electron chi connectivity index (χ0n) is 11.7. The molecule has 0 bridgehead atoms. The summed E-state index contributed by atoms with van der Waals surface area (Å²) >= 11 is 1.59. The molecule has 106 valence electrons. The Labute approximate surface area is 122 Å². The van der Waals surface area contributed by atoms with Gasteiger partial charge < -0.3 is 10.0 Å². The molecule has 1 amide bonds. The SMILES string of the molecule is CCN(CCO)C(=O)c1cccc(-c2csc(C)n2)c1. The Balaban J connectivity index is 2.27. The van der Waals surface area contributed by atoms with Gasteiger partial charge in [0.2, 0.25) is 0 Å². The average molecular weight is 290 g/mol. The number of hydrogen-bond acceptors (Lipinski definition) is 4. The number of carbonyl (C=O) groups excluding carboxylic acids is 1. The highest BCUT2D eigenvalue weighted by Gasteiger charge is 2.14. The Hall–Kier alpha value is -1.72. The summed E-state index contributed by atoms with van der Waals surface area (Å²) in [5.41, 5.74) is 2.47. The third-order valence-electron chi connectivity index (χ3n) is 3.06. The van der Waals surface area contributed by atoms with Crippen molar-refractivity contribution in [1.82, 2.24) is 9.88 Å². The highest BCUT2D eigenvalue weighted by atomic mass is 32.1. The second-order valence-corrected chi connectivity index (χ2v) is 5.50. The molecule has 1 N–H and O–H groups in total. The Bertz CT molecular complexity index is 595. The Morgan fingerprint density at radius 2 is 2.25 bits per heavy atom. The molecule has 0 aliphatic rings. The van der Waals surface area contributed by atoms with Gasteiger partial charge in [0, 0.05) is 29.6 Å². The number of aliphatic hydroxyl groups excluding tert-OH is 1. The van der Waals surface area contributed by atoms with Crippen LogP contribution in [-0.2, 0) is 0 Å². The number of benzene rings is 1. The van der Waals surface area contributed by atoms with Crippen LogP contribution in [0.25, 0.3) is 11.3 Å². The summed E-state index contributed by atoms with van der Waals surface area (Å²) in [6.45, 7) is 4.78. The van der Waals surface area contributed by atoms with E-state index in [2.05, 4.69) is 4.98 Å². The first-order valence-corrected chi connectivity index (χ1v) is 7.46. The Morgan fingerprint density at radius 1 is 1.45 bits per heavy atom. The number of aliphatic hydroxyl groups is 1. The molecule has 0 saturated heterocycles. The van der Waals surface area contributed by atoms with Gasteiger partial charge in [-0.1, -0.05) is 12.1 Å². The number of nitrogens with zero attached hydrogens (tertiary/aromatic N) is 2. The molecule has 4 nitrogen and oxygen atoms in total. The zero-order chi connectivity index (χ0) is 14.5. The number of hydrogen-bond donors (Lipinski definition) is 1. The summed E-state index contributed by atoms with van der Waals surface area (Å²) in [7, 11) is 0. The molecule has 20 heavy (non-hydrogen) atoms. The van der Waals surface area contributed by atoms with Crippen LogP contribution in [0.3, 0.4) is 0 Å². The lowest BCUT2D eigenvalue weighted by Crippen LogP contribution is -2.33. The van der Waals surface area contributed by atoms with Crippen LogP contribution in [0, 0.1) is 6.92 Å². The summed E-state index contributed by atoms with van der Waals surface area (Å²) in [4.78, 5) is 18.4. The van der Waals surface area contributed by atoms with Crippen LogP contribution in [0.4, 0.5) is 0 Å². The zero-order valence-corrected chi connectivity index (χ0v) is 12.5. The van der Waals surface area contributed by atoms with Crippen molar-refractivity contribution in [3.8, 4) is 11.3 Å². The summed E-state index contributed by atoms with van der Waals surface area (Å²) in [6.07, 6.45) is 0. The van der Waals surface area contributed by atoms with Crippen LogP contribution in [0.5, 0.6) is 0 Å². The summed E-state index contributed by atoms with van der Waals surface area (Å²) < 4.78 is 0. The van der Waals surface area contributed by atoms with Gasteiger partial charge in [-0.15, -0.1) is 11.3 Å². The smallest absolute Gasteiger partial charge is 0.253 e. The van der Waals surface area contributed by atoms with E-state index in [1.165, 1.54) is 0 Å². The van der Waals surface area contributed by atoms with Crippen LogP contribution >= 0.6 is 11.3 Å². The minimum absolute atomic E-state index is 0.0233. The number of thiazole rings is 1. The molecule has 2 rings (SSSR count). The lowest BCUT2D eigenvalue weighted by Gasteiger charge is -2.19. The van der Waals surface area contributed by atoms with Gasteiger partial charge in [-0.2, -0.15) is 0 Å². The number of rotatable bonds is 5. The predicted molar refractivity (Wildman–Crippen MR) is 81.0 cm³/mol. The number of carbonyl (C=O) groups is 1. The van der Waals surface area contributed by atoms with E-state index in [0.717, 1.165) is 16.3 Å². The molecule has 0 fully saturated rings. The van der Waals surface area contributed by atoms with E-state index < -0.39 is 0 Å². The van der Waals surface area contributed by atoms with E-state index in [9.17, 15) is 4.79 Å². The van der Waals surface area contributed by atoms with Gasteiger partial charge in [-0.05, 0) is 26.0 Å². The van der Waals surface area contributed by atoms with E-state index >= 15 is 0 Å². The van der Waals surface area contributed by atoms with Crippen molar-refractivity contribution in [2.24, 2.45) is 0 Å². The van der Waals surface area contributed by atoms with E-state index in [-0.39, 0.29) is 12.5 Å². The van der Waals surface area contributed by atoms with Gasteiger partial charge in [-0.25, -0.2) is 4.98 Å². The fourth-order valence-electron chi connectivity index (χ4n) is 2.01. The first kappa shape index (κ1) is 14.7. The lowest BCUT2D eigenvalue weighted by molar-refractivity contribution is 0.0732. The third-order valence-corrected chi connectivity index (χ3v) is 3.84. The maximum absolute atomic E-state index is 12.4. The normalized spacial score (nSPS) is 10.6. The largest absolute Gasteiger partial charge is 0.395 e. The molecule has 0 aliphatic carbocycles. The molecule has 1 heterocycles. The summed E-state index contributed by atoms with van der Waals surface area (Å²) in [6, 6.07) is 7.47. The van der Waals surface area contributed by atoms with Crippen LogP contribution in [0.15, 0.2) is 29.6 Å². The molecule has 0 radical (unpaired) electrons. The van der Waals surface area contributed by atoms with E-state index in [4.69, 9.17) is 5.11 Å². The number of aromatic nitrogens is 1. The molecule has 2 aromatic rings. The van der Waals surface area contributed by atoms with Crippen molar-refractivity contribution in [1.29, 1.82) is 0 Å². The second-order valence-electron chi connectivity index (χ2n) is 4.44. The molecule has 0 aliphatic heterocycles. The molecule has 5 heteroatoms. The molecular weight excluding hydrogens is 272 g/mol. The molecule has 0 unspecified atom stereocenters. The van der Waals surface area contributed by atoms with Gasteiger partial charge in [0.15, 0.2) is 0 Å². The van der Waals surface area contributed by atoms with Crippen LogP contribution < -0.4 is 0 Å². The maximum Gasteiger partial charge on any atom is 0.253 e. The van der Waals surface area contributed by atoms with Gasteiger partial charge in [-0.3, -0.25) is 4.79 Å². The average Bonchev–Trinajstić information content (AvgIpc) is 2.91. The number of likely N-dealkylation sites (N-methyl/N-ethyl adjacent to an activating group) is 1. The highest BCUT2D eigenvalue weighted by molar-refractivity contribution is 7.09. The van der Waals surface area contributed by atoms with Crippen LogP contribution in [0.1, 0.15) is 22.3 Å². The van der Waals surface area contributed by atoms with Crippen LogP contribution in [-0.4, -0.2) is 40.6 Å². The molecule has 0 spiro atoms. The maximum atomic E-state index is 12.4. The fourth-order valence-corrected chi connectivity index (χ4v) is 2.64. The minimum Gasteiger partial charge on any atom is -0.395 e. The summed E-state index contributed by atoms with van der Waals surface area (Å²) in [5, 5.41) is 12.0. The standard InChI is InChI=1S/C15H18N2O2S/c1-3-17(7-8-18)15(19)13-6-4-5-12(9-13)14-10-20-11(2)16-14/h4-6,9-10,18H,3,7-8H2,1-2H3. The third kappa shape index (κ3) is 3.23. The van der Waals surface area contributed by atoms with Gasteiger partial charge in [0.05, 0.1) is 17.3 Å². The molecule has 1 aromatic heterocycles. The first-order valence-electron chi connectivity index (χ1n) is 6.58. The van der Waals surface area contributed by atoms with Crippen molar-refractivity contribution in [3.63, 3.8) is 0 Å². The number of aryl methyl sites for hydroxylation is 1. The Morgan fingerprint density at radius 3 is 2.85 bits per heavy atom. The fraction of sp³-hybridized carbons (Fsp3) is 0.333. The molecule has 1 aromatic carbocycles. The quantitative estimate of drug-likeness (QED) is 0.921. The predicted octanol–water partition coefficient (Wildman–Crippen LogP) is 2.57. The second kappa shape index (κ2) is 6.63. The Kier molecular flexibility index (Phi) is 4.87. The lowest BCUT2D eigenvalue weighted by atomic mass is 10.1. The summed E-state index contributed by atoms with van der Waals surface area (Å²) in [5.74, 6) is -0.0599.